The van der Waals surface area contributed by atoms with E-state index in [0.717, 1.165) is 21.8 Å². The van der Waals surface area contributed by atoms with Gasteiger partial charge in [0, 0.05) is 40.8 Å². The van der Waals surface area contributed by atoms with Gasteiger partial charge < -0.3 is 5.32 Å². The van der Waals surface area contributed by atoms with Crippen molar-refractivity contribution in [2.45, 2.75) is 18.3 Å². The molecule has 1 fully saturated rings. The van der Waals surface area contributed by atoms with E-state index in [1.807, 2.05) is 23.5 Å². The molecular formula is C12H14F3N5S2. The number of nitrogens with one attached hydrogen (secondary N) is 1. The van der Waals surface area contributed by atoms with Crippen LogP contribution >= 0.6 is 23.5 Å². The average Bonchev–Trinajstić information content (AvgIpc) is 2.90. The highest BCUT2D eigenvalue weighted by molar-refractivity contribution is 8.06. The molecule has 2 aromatic rings. The summed E-state index contributed by atoms with van der Waals surface area (Å²) >= 11 is 3.77. The SMILES string of the molecule is Cc1cc(NCC2CSCCS2)n2nc(C(F)(F)F)nc2n1. The normalized spacial score (nSPS) is 19.5. The van der Waals surface area contributed by atoms with E-state index in [1.54, 1.807) is 13.0 Å². The topological polar surface area (TPSA) is 55.1 Å². The zero-order chi connectivity index (χ0) is 15.7. The van der Waals surface area contributed by atoms with Crippen molar-refractivity contribution >= 4 is 35.1 Å². The molecule has 1 atom stereocenters. The summed E-state index contributed by atoms with van der Waals surface area (Å²) in [4.78, 5) is 7.47. The van der Waals surface area contributed by atoms with Crippen LogP contribution in [-0.4, -0.2) is 48.6 Å². The second kappa shape index (κ2) is 6.15. The highest BCUT2D eigenvalue weighted by Gasteiger charge is 2.36. The standard InChI is InChI=1S/C12H14F3N5S2/c1-7-4-9(16-5-8-6-21-2-3-22-8)20-11(17-7)18-10(19-20)12(13,14)15/h4,8,16H,2-3,5-6H2,1H3. The number of aryl methyl sites for hydroxylation is 1. The Morgan fingerprint density at radius 1 is 1.36 bits per heavy atom. The largest absolute Gasteiger partial charge is 0.453 e. The molecule has 0 aromatic carbocycles. The van der Waals surface area contributed by atoms with Gasteiger partial charge in [-0.3, -0.25) is 0 Å². The first-order chi connectivity index (χ1) is 10.4. The monoisotopic (exact) mass is 349 g/mol. The van der Waals surface area contributed by atoms with Gasteiger partial charge in [0.05, 0.1) is 0 Å². The lowest BCUT2D eigenvalue weighted by atomic mass is 10.4. The van der Waals surface area contributed by atoms with E-state index in [9.17, 15) is 13.2 Å². The first-order valence-corrected chi connectivity index (χ1v) is 8.88. The molecule has 1 unspecified atom stereocenters. The third kappa shape index (κ3) is 3.43. The third-order valence-electron chi connectivity index (χ3n) is 3.09. The van der Waals surface area contributed by atoms with Crippen molar-refractivity contribution < 1.29 is 13.2 Å². The Labute approximate surface area is 133 Å². The molecule has 22 heavy (non-hydrogen) atoms. The van der Waals surface area contributed by atoms with Crippen molar-refractivity contribution in [3.8, 4) is 0 Å². The van der Waals surface area contributed by atoms with Crippen LogP contribution in [0, 0.1) is 6.92 Å². The van der Waals surface area contributed by atoms with Gasteiger partial charge in [-0.25, -0.2) is 4.98 Å². The molecular weight excluding hydrogens is 335 g/mol. The summed E-state index contributed by atoms with van der Waals surface area (Å²) in [6.07, 6.45) is -4.57. The molecule has 120 valence electrons. The molecule has 3 heterocycles. The summed E-state index contributed by atoms with van der Waals surface area (Å²) in [5.74, 6) is 2.57. The van der Waals surface area contributed by atoms with Gasteiger partial charge in [-0.05, 0) is 6.92 Å². The predicted octanol–water partition coefficient (Wildman–Crippen LogP) is 2.71. The Kier molecular flexibility index (Phi) is 4.40. The van der Waals surface area contributed by atoms with E-state index < -0.39 is 12.0 Å². The maximum absolute atomic E-state index is 12.7. The second-order valence-corrected chi connectivity index (χ2v) is 7.43. The molecule has 0 aliphatic carbocycles. The number of halogens is 3. The smallest absolute Gasteiger partial charge is 0.369 e. The lowest BCUT2D eigenvalue weighted by molar-refractivity contribution is -0.144. The highest BCUT2D eigenvalue weighted by atomic mass is 32.2. The molecule has 3 rings (SSSR count). The average molecular weight is 349 g/mol. The van der Waals surface area contributed by atoms with Crippen LogP contribution in [0.25, 0.3) is 5.78 Å². The third-order valence-corrected chi connectivity index (χ3v) is 5.93. The summed E-state index contributed by atoms with van der Waals surface area (Å²) in [6, 6.07) is 1.68. The fraction of sp³-hybridized carbons (Fsp3) is 0.583. The summed E-state index contributed by atoms with van der Waals surface area (Å²) in [7, 11) is 0. The number of aromatic nitrogens is 4. The van der Waals surface area contributed by atoms with Crippen LogP contribution in [0.15, 0.2) is 6.07 Å². The Morgan fingerprint density at radius 3 is 2.86 bits per heavy atom. The Bertz CT molecular complexity index is 667. The Morgan fingerprint density at radius 2 is 2.18 bits per heavy atom. The molecule has 0 saturated carbocycles. The lowest BCUT2D eigenvalue weighted by Gasteiger charge is -2.21. The van der Waals surface area contributed by atoms with Crippen LogP contribution < -0.4 is 5.32 Å². The number of alkyl halides is 3. The fourth-order valence-corrected chi connectivity index (χ4v) is 4.72. The van der Waals surface area contributed by atoms with Crippen molar-refractivity contribution in [3.05, 3.63) is 17.6 Å². The van der Waals surface area contributed by atoms with Crippen molar-refractivity contribution in [1.29, 1.82) is 0 Å². The van der Waals surface area contributed by atoms with Gasteiger partial charge in [0.1, 0.15) is 5.82 Å². The van der Waals surface area contributed by atoms with E-state index in [-0.39, 0.29) is 5.78 Å². The van der Waals surface area contributed by atoms with Crippen molar-refractivity contribution in [2.75, 3.05) is 29.1 Å². The number of anilines is 1. The van der Waals surface area contributed by atoms with Crippen LogP contribution in [0.2, 0.25) is 0 Å². The minimum Gasteiger partial charge on any atom is -0.369 e. The molecule has 0 bridgehead atoms. The van der Waals surface area contributed by atoms with E-state index in [2.05, 4.69) is 20.4 Å². The van der Waals surface area contributed by atoms with Crippen molar-refractivity contribution in [3.63, 3.8) is 0 Å². The summed E-state index contributed by atoms with van der Waals surface area (Å²) in [6.45, 7) is 2.40. The van der Waals surface area contributed by atoms with E-state index in [4.69, 9.17) is 0 Å². The number of hydrogen-bond donors (Lipinski definition) is 1. The maximum atomic E-state index is 12.7. The highest BCUT2D eigenvalue weighted by Crippen LogP contribution is 2.28. The summed E-state index contributed by atoms with van der Waals surface area (Å²) in [5, 5.41) is 7.15. The summed E-state index contributed by atoms with van der Waals surface area (Å²) < 4.78 is 39.3. The molecule has 5 nitrogen and oxygen atoms in total. The van der Waals surface area contributed by atoms with Crippen LogP contribution in [0.4, 0.5) is 19.0 Å². The molecule has 2 aromatic heterocycles. The van der Waals surface area contributed by atoms with Gasteiger partial charge >= 0.3 is 6.18 Å². The van der Waals surface area contributed by atoms with Gasteiger partial charge in [0.25, 0.3) is 11.6 Å². The van der Waals surface area contributed by atoms with E-state index in [1.165, 1.54) is 0 Å². The summed E-state index contributed by atoms with van der Waals surface area (Å²) in [5.41, 5.74) is 0.599. The number of hydrogen-bond acceptors (Lipinski definition) is 6. The van der Waals surface area contributed by atoms with Crippen molar-refractivity contribution in [2.24, 2.45) is 0 Å². The quantitative estimate of drug-likeness (QED) is 0.920. The van der Waals surface area contributed by atoms with Gasteiger partial charge in [0.2, 0.25) is 0 Å². The number of fused-ring (bicyclic) bond motifs is 1. The molecule has 0 amide bonds. The van der Waals surface area contributed by atoms with Gasteiger partial charge in [-0.1, -0.05) is 0 Å². The minimum absolute atomic E-state index is 0.0412. The lowest BCUT2D eigenvalue weighted by Crippen LogP contribution is -2.24. The first kappa shape index (κ1) is 15.7. The first-order valence-electron chi connectivity index (χ1n) is 6.68. The maximum Gasteiger partial charge on any atom is 0.453 e. The van der Waals surface area contributed by atoms with Crippen LogP contribution in [-0.2, 0) is 6.18 Å². The molecule has 1 N–H and O–H groups in total. The molecule has 1 saturated heterocycles. The van der Waals surface area contributed by atoms with Gasteiger partial charge in [0.15, 0.2) is 0 Å². The van der Waals surface area contributed by atoms with E-state index in [0.29, 0.717) is 23.3 Å². The Balaban J connectivity index is 1.85. The zero-order valence-electron chi connectivity index (χ0n) is 11.7. The van der Waals surface area contributed by atoms with Crippen LogP contribution in [0.5, 0.6) is 0 Å². The molecule has 10 heteroatoms. The number of rotatable bonds is 3. The zero-order valence-corrected chi connectivity index (χ0v) is 13.4. The fourth-order valence-electron chi connectivity index (χ4n) is 2.11. The van der Waals surface area contributed by atoms with Crippen LogP contribution in [0.3, 0.4) is 0 Å². The minimum atomic E-state index is -4.57. The second-order valence-electron chi connectivity index (χ2n) is 4.88. The molecule has 1 aliphatic rings. The molecule has 0 spiro atoms. The van der Waals surface area contributed by atoms with E-state index >= 15 is 0 Å². The number of nitrogens with zero attached hydrogens (tertiary/aromatic N) is 4. The van der Waals surface area contributed by atoms with Gasteiger partial charge in [-0.15, -0.1) is 5.10 Å². The Hall–Kier alpha value is -1.16. The predicted molar refractivity (Wildman–Crippen MR) is 82.6 cm³/mol. The molecule has 1 aliphatic heterocycles. The number of thioether (sulfide) groups is 2. The van der Waals surface area contributed by atoms with Gasteiger partial charge in [-0.2, -0.15) is 46.2 Å². The molecule has 0 radical (unpaired) electrons. The van der Waals surface area contributed by atoms with Crippen molar-refractivity contribution in [1.82, 2.24) is 19.6 Å². The van der Waals surface area contributed by atoms with Crippen LogP contribution in [0.1, 0.15) is 11.5 Å².